The van der Waals surface area contributed by atoms with Gasteiger partial charge in [0.05, 0.1) is 12.8 Å². The van der Waals surface area contributed by atoms with Crippen molar-refractivity contribution in [3.63, 3.8) is 0 Å². The van der Waals surface area contributed by atoms with Crippen molar-refractivity contribution < 1.29 is 19.1 Å². The predicted octanol–water partition coefficient (Wildman–Crippen LogP) is 3.15. The van der Waals surface area contributed by atoms with Crippen LogP contribution in [0.2, 0.25) is 5.02 Å². The second-order valence-electron chi connectivity index (χ2n) is 5.73. The molecule has 0 saturated carbocycles. The number of hydrogen-bond acceptors (Lipinski definition) is 4. The SMILES string of the molecule is COc1ccc(Cl)cc1NC(=O)CN(C)C(=O)OC(C)(C)C. The molecule has 0 atom stereocenters. The Hall–Kier alpha value is -1.95. The number of carbonyl (C=O) groups is 2. The standard InChI is InChI=1S/C15H21ClN2O4/c1-15(2,3)22-14(20)18(4)9-13(19)17-11-8-10(16)6-7-12(11)21-5/h6-8H,9H2,1-5H3,(H,17,19). The van der Waals surface area contributed by atoms with Gasteiger partial charge in [0, 0.05) is 12.1 Å². The molecule has 1 aromatic rings. The molecule has 0 aliphatic carbocycles. The quantitative estimate of drug-likeness (QED) is 0.922. The highest BCUT2D eigenvalue weighted by Gasteiger charge is 2.21. The fraction of sp³-hybridized carbons (Fsp3) is 0.467. The zero-order valence-electron chi connectivity index (χ0n) is 13.4. The van der Waals surface area contributed by atoms with Gasteiger partial charge in [-0.05, 0) is 39.0 Å². The van der Waals surface area contributed by atoms with Crippen molar-refractivity contribution in [2.75, 3.05) is 26.0 Å². The van der Waals surface area contributed by atoms with Crippen LogP contribution < -0.4 is 10.1 Å². The maximum atomic E-state index is 12.0. The number of rotatable bonds is 4. The molecule has 6 nitrogen and oxygen atoms in total. The van der Waals surface area contributed by atoms with Crippen LogP contribution in [0.1, 0.15) is 20.8 Å². The van der Waals surface area contributed by atoms with Crippen LogP contribution in [0, 0.1) is 0 Å². The first kappa shape index (κ1) is 18.1. The maximum Gasteiger partial charge on any atom is 0.410 e. The van der Waals surface area contributed by atoms with Crippen LogP contribution in [0.15, 0.2) is 18.2 Å². The first-order valence-corrected chi connectivity index (χ1v) is 7.07. The van der Waals surface area contributed by atoms with E-state index in [9.17, 15) is 9.59 Å². The molecule has 22 heavy (non-hydrogen) atoms. The highest BCUT2D eigenvalue weighted by molar-refractivity contribution is 6.31. The number of methoxy groups -OCH3 is 1. The number of likely N-dealkylation sites (N-methyl/N-ethyl adjacent to an activating group) is 1. The van der Waals surface area contributed by atoms with Gasteiger partial charge in [0.25, 0.3) is 0 Å². The van der Waals surface area contributed by atoms with Crippen LogP contribution in [-0.2, 0) is 9.53 Å². The molecular weight excluding hydrogens is 308 g/mol. The van der Waals surface area contributed by atoms with Gasteiger partial charge in [0.2, 0.25) is 5.91 Å². The van der Waals surface area contributed by atoms with Gasteiger partial charge in [0.1, 0.15) is 17.9 Å². The minimum absolute atomic E-state index is 0.148. The summed E-state index contributed by atoms with van der Waals surface area (Å²) in [5.41, 5.74) is -0.171. The highest BCUT2D eigenvalue weighted by atomic mass is 35.5. The van der Waals surface area contributed by atoms with Gasteiger partial charge in [-0.1, -0.05) is 11.6 Å². The average Bonchev–Trinajstić information content (AvgIpc) is 2.36. The summed E-state index contributed by atoms with van der Waals surface area (Å²) >= 11 is 5.89. The third-order valence-corrected chi connectivity index (χ3v) is 2.76. The number of amides is 2. The summed E-state index contributed by atoms with van der Waals surface area (Å²) in [4.78, 5) is 25.0. The Balaban J connectivity index is 2.67. The van der Waals surface area contributed by atoms with E-state index in [1.165, 1.54) is 19.1 Å². The molecule has 0 aliphatic heterocycles. The van der Waals surface area contributed by atoms with Gasteiger partial charge in [0.15, 0.2) is 0 Å². The summed E-state index contributed by atoms with van der Waals surface area (Å²) in [6.07, 6.45) is -0.569. The molecule has 0 spiro atoms. The Morgan fingerprint density at radius 1 is 1.32 bits per heavy atom. The second-order valence-corrected chi connectivity index (χ2v) is 6.17. The molecule has 7 heteroatoms. The highest BCUT2D eigenvalue weighted by Crippen LogP contribution is 2.27. The van der Waals surface area contributed by atoms with Crippen LogP contribution in [0.5, 0.6) is 5.75 Å². The predicted molar refractivity (Wildman–Crippen MR) is 85.5 cm³/mol. The number of nitrogens with one attached hydrogen (secondary N) is 1. The third kappa shape index (κ3) is 5.81. The Labute approximate surface area is 135 Å². The molecule has 2 amide bonds. The molecule has 1 aromatic carbocycles. The lowest BCUT2D eigenvalue weighted by Crippen LogP contribution is -2.38. The third-order valence-electron chi connectivity index (χ3n) is 2.52. The Morgan fingerprint density at radius 3 is 2.50 bits per heavy atom. The number of anilines is 1. The van der Waals surface area contributed by atoms with Crippen molar-refractivity contribution >= 4 is 29.3 Å². The number of ether oxygens (including phenoxy) is 2. The van der Waals surface area contributed by atoms with Crippen molar-refractivity contribution in [2.45, 2.75) is 26.4 Å². The van der Waals surface area contributed by atoms with Gasteiger partial charge in [-0.25, -0.2) is 4.79 Å². The molecule has 0 aromatic heterocycles. The normalized spacial score (nSPS) is 10.8. The molecule has 1 rings (SSSR count). The van der Waals surface area contributed by atoms with Gasteiger partial charge in [-0.2, -0.15) is 0 Å². The molecule has 0 aliphatic rings. The summed E-state index contributed by atoms with van der Waals surface area (Å²) in [5, 5.41) is 3.12. The fourth-order valence-corrected chi connectivity index (χ4v) is 1.76. The van der Waals surface area contributed by atoms with Crippen LogP contribution >= 0.6 is 11.6 Å². The number of carbonyl (C=O) groups excluding carboxylic acids is 2. The van der Waals surface area contributed by atoms with E-state index in [1.807, 2.05) is 0 Å². The lowest BCUT2D eigenvalue weighted by molar-refractivity contribution is -0.117. The number of hydrogen-bond donors (Lipinski definition) is 1. The molecule has 0 radical (unpaired) electrons. The number of nitrogens with zero attached hydrogens (tertiary/aromatic N) is 1. The van der Waals surface area contributed by atoms with E-state index in [0.29, 0.717) is 16.5 Å². The topological polar surface area (TPSA) is 67.9 Å². The van der Waals surface area contributed by atoms with E-state index in [4.69, 9.17) is 21.1 Å². The molecular formula is C15H21ClN2O4. The Kier molecular flexibility index (Phi) is 6.05. The van der Waals surface area contributed by atoms with Crippen molar-refractivity contribution in [3.8, 4) is 5.75 Å². The second kappa shape index (κ2) is 7.35. The summed E-state index contributed by atoms with van der Waals surface area (Å²) in [6, 6.07) is 4.88. The molecule has 122 valence electrons. The lowest BCUT2D eigenvalue weighted by atomic mass is 10.2. The summed E-state index contributed by atoms with van der Waals surface area (Å²) < 4.78 is 10.3. The molecule has 0 fully saturated rings. The number of halogens is 1. The van der Waals surface area contributed by atoms with Gasteiger partial charge in [-0.3, -0.25) is 4.79 Å². The molecule has 0 unspecified atom stereocenters. The van der Waals surface area contributed by atoms with E-state index in [0.717, 1.165) is 0 Å². The smallest absolute Gasteiger partial charge is 0.410 e. The van der Waals surface area contributed by atoms with Crippen LogP contribution in [0.4, 0.5) is 10.5 Å². The molecule has 0 saturated heterocycles. The summed E-state index contributed by atoms with van der Waals surface area (Å²) in [5.74, 6) is 0.103. The Morgan fingerprint density at radius 2 is 1.95 bits per heavy atom. The lowest BCUT2D eigenvalue weighted by Gasteiger charge is -2.24. The van der Waals surface area contributed by atoms with E-state index in [1.54, 1.807) is 39.0 Å². The summed E-state index contributed by atoms with van der Waals surface area (Å²) in [7, 11) is 2.98. The van der Waals surface area contributed by atoms with E-state index < -0.39 is 11.7 Å². The van der Waals surface area contributed by atoms with Crippen molar-refractivity contribution in [2.24, 2.45) is 0 Å². The minimum atomic E-state index is -0.613. The fourth-order valence-electron chi connectivity index (χ4n) is 1.59. The average molecular weight is 329 g/mol. The Bertz CT molecular complexity index is 555. The van der Waals surface area contributed by atoms with E-state index in [-0.39, 0.29) is 12.5 Å². The first-order chi connectivity index (χ1) is 10.1. The largest absolute Gasteiger partial charge is 0.495 e. The molecule has 0 heterocycles. The van der Waals surface area contributed by atoms with Crippen LogP contribution in [0.3, 0.4) is 0 Å². The van der Waals surface area contributed by atoms with Crippen molar-refractivity contribution in [1.82, 2.24) is 4.90 Å². The van der Waals surface area contributed by atoms with Gasteiger partial charge < -0.3 is 19.7 Å². The van der Waals surface area contributed by atoms with E-state index >= 15 is 0 Å². The molecule has 1 N–H and O–H groups in total. The van der Waals surface area contributed by atoms with Crippen molar-refractivity contribution in [3.05, 3.63) is 23.2 Å². The van der Waals surface area contributed by atoms with Crippen LogP contribution in [-0.4, -0.2) is 43.2 Å². The van der Waals surface area contributed by atoms with Crippen LogP contribution in [0.25, 0.3) is 0 Å². The minimum Gasteiger partial charge on any atom is -0.495 e. The van der Waals surface area contributed by atoms with E-state index in [2.05, 4.69) is 5.32 Å². The maximum absolute atomic E-state index is 12.0. The van der Waals surface area contributed by atoms with Gasteiger partial charge >= 0.3 is 6.09 Å². The summed E-state index contributed by atoms with van der Waals surface area (Å²) in [6.45, 7) is 5.13. The molecule has 0 bridgehead atoms. The van der Waals surface area contributed by atoms with Crippen molar-refractivity contribution in [1.29, 1.82) is 0 Å². The first-order valence-electron chi connectivity index (χ1n) is 6.70. The monoisotopic (exact) mass is 328 g/mol. The van der Waals surface area contributed by atoms with Gasteiger partial charge in [-0.15, -0.1) is 0 Å². The number of benzene rings is 1. The zero-order chi connectivity index (χ0) is 16.9. The zero-order valence-corrected chi connectivity index (χ0v) is 14.2.